The molecule has 39 heavy (non-hydrogen) atoms. The molecule has 1 aromatic carbocycles. The van der Waals surface area contributed by atoms with Gasteiger partial charge < -0.3 is 26.9 Å². The van der Waals surface area contributed by atoms with E-state index in [1.165, 1.54) is 11.1 Å². The Labute approximate surface area is 236 Å². The lowest BCUT2D eigenvalue weighted by molar-refractivity contribution is 0.585. The van der Waals surface area contributed by atoms with Gasteiger partial charge in [-0.2, -0.15) is 17.7 Å². The molecule has 0 radical (unpaired) electrons. The maximum atomic E-state index is 5.56. The molecule has 5 aromatic rings. The molecule has 0 bridgehead atoms. The molecule has 6 rings (SSSR count). The quantitative estimate of drug-likeness (QED) is 0.293. The van der Waals surface area contributed by atoms with E-state index in [0.29, 0.717) is 0 Å². The Morgan fingerprint density at radius 3 is 2.23 bits per heavy atom. The highest BCUT2D eigenvalue weighted by Crippen LogP contribution is 2.24. The molecule has 7 N–H and O–H groups in total. The molecule has 1 fully saturated rings. The number of nitrogen functional groups attached to an aromatic ring is 1. The fourth-order valence-electron chi connectivity index (χ4n) is 4.08. The van der Waals surface area contributed by atoms with Gasteiger partial charge in [0.25, 0.3) is 0 Å². The smallest absolute Gasteiger partial charge is 0.137 e. The van der Waals surface area contributed by atoms with Gasteiger partial charge in [-0.05, 0) is 47.2 Å². The Bertz CT molecular complexity index is 1390. The van der Waals surface area contributed by atoms with Gasteiger partial charge in [-0.15, -0.1) is 0 Å². The third kappa shape index (κ3) is 8.04. The number of hydrogen-bond acceptors (Lipinski definition) is 7. The van der Waals surface area contributed by atoms with Crippen LogP contribution in [0, 0.1) is 0 Å². The van der Waals surface area contributed by atoms with E-state index in [1.807, 2.05) is 55.2 Å². The second kappa shape index (κ2) is 15.5. The van der Waals surface area contributed by atoms with E-state index in [2.05, 4.69) is 78.8 Å². The lowest BCUT2D eigenvalue weighted by atomic mass is 10.1. The first-order valence-corrected chi connectivity index (χ1v) is 13.0. The van der Waals surface area contributed by atoms with Crippen LogP contribution in [0.1, 0.15) is 8.35 Å². The summed E-state index contributed by atoms with van der Waals surface area (Å²) < 4.78 is 3.97. The summed E-state index contributed by atoms with van der Waals surface area (Å²) >= 11 is 3.79. The zero-order chi connectivity index (χ0) is 26.0. The van der Waals surface area contributed by atoms with Crippen molar-refractivity contribution in [2.45, 2.75) is 6.92 Å². The zero-order valence-electron chi connectivity index (χ0n) is 22.3. The lowest BCUT2D eigenvalue weighted by Gasteiger charge is -2.28. The average Bonchev–Trinajstić information content (AvgIpc) is 3.56. The van der Waals surface area contributed by atoms with Crippen molar-refractivity contribution in [3.05, 3.63) is 85.5 Å². The summed E-state index contributed by atoms with van der Waals surface area (Å²) in [5.41, 5.74) is 11.7. The van der Waals surface area contributed by atoms with Gasteiger partial charge in [0.2, 0.25) is 0 Å². The van der Waals surface area contributed by atoms with Crippen LogP contribution >= 0.6 is 12.6 Å². The summed E-state index contributed by atoms with van der Waals surface area (Å²) in [5, 5.41) is 7.54. The number of aryl methyl sites for hydroxylation is 1. The number of anilines is 2. The molecule has 10 nitrogen and oxygen atoms in total. The standard InChI is InChI=1S/C17H14N4.C9H14N4.C2H6S.2H2O.H2/c1-20-15(9-10-19-20)16-11-18-17-8-7-14(12-21(16)17)13-5-3-2-4-6-13;10-8-1-2-9(12-7-8)13-5-3-11-4-6-13;1-2-3;;;/h2-12H,1H3;1-2,7,11H,3-6,10H2;3H,2H2,1H3;2*1H2;1H. The molecule has 1 aliphatic rings. The second-order valence-electron chi connectivity index (χ2n) is 8.50. The monoisotopic (exact) mass is 552 g/mol. The van der Waals surface area contributed by atoms with E-state index in [0.717, 1.165) is 60.5 Å². The minimum absolute atomic E-state index is 0. The van der Waals surface area contributed by atoms with Gasteiger partial charge in [-0.25, -0.2) is 9.97 Å². The van der Waals surface area contributed by atoms with Crippen LogP contribution in [-0.4, -0.2) is 67.0 Å². The number of imidazole rings is 1. The summed E-state index contributed by atoms with van der Waals surface area (Å²) in [5.74, 6) is 1.97. The normalized spacial score (nSPS) is 12.2. The molecule has 5 heterocycles. The minimum atomic E-state index is 0. The third-order valence-electron chi connectivity index (χ3n) is 5.91. The first-order chi connectivity index (χ1) is 18.1. The van der Waals surface area contributed by atoms with Crippen LogP contribution in [0.5, 0.6) is 0 Å². The van der Waals surface area contributed by atoms with Gasteiger partial charge >= 0.3 is 0 Å². The number of nitrogens with zero attached hydrogens (tertiary/aromatic N) is 6. The number of benzene rings is 1. The van der Waals surface area contributed by atoms with Gasteiger partial charge in [0, 0.05) is 47.0 Å². The van der Waals surface area contributed by atoms with Gasteiger partial charge in [-0.3, -0.25) is 9.08 Å². The van der Waals surface area contributed by atoms with E-state index in [-0.39, 0.29) is 12.4 Å². The number of thiol groups is 1. The van der Waals surface area contributed by atoms with Crippen molar-refractivity contribution in [1.29, 1.82) is 0 Å². The van der Waals surface area contributed by atoms with Crippen molar-refractivity contribution in [2.75, 3.05) is 42.6 Å². The Morgan fingerprint density at radius 1 is 0.897 bits per heavy atom. The Kier molecular flexibility index (Phi) is 12.4. The number of fused-ring (bicyclic) bond motifs is 1. The van der Waals surface area contributed by atoms with E-state index in [4.69, 9.17) is 5.73 Å². The van der Waals surface area contributed by atoms with Crippen molar-refractivity contribution >= 4 is 29.8 Å². The van der Waals surface area contributed by atoms with Crippen molar-refractivity contribution in [3.63, 3.8) is 0 Å². The molecular weight excluding hydrogens is 512 g/mol. The predicted molar refractivity (Wildman–Crippen MR) is 165 cm³/mol. The largest absolute Gasteiger partial charge is 0.412 e. The zero-order valence-corrected chi connectivity index (χ0v) is 23.2. The van der Waals surface area contributed by atoms with Gasteiger partial charge in [0.15, 0.2) is 0 Å². The summed E-state index contributed by atoms with van der Waals surface area (Å²) in [7, 11) is 1.94. The summed E-state index contributed by atoms with van der Waals surface area (Å²) in [6, 6.07) is 20.4. The van der Waals surface area contributed by atoms with Crippen LogP contribution in [0.4, 0.5) is 11.5 Å². The maximum absolute atomic E-state index is 5.56. The SMILES string of the molecule is CCS.Cn1nccc1-c1cnc2ccc(-c3ccccc3)cn12.Nc1ccc(N2CCNCC2)nc1.O.O.[HH]. The molecule has 1 saturated heterocycles. The Morgan fingerprint density at radius 2 is 1.62 bits per heavy atom. The van der Waals surface area contributed by atoms with E-state index in [1.54, 1.807) is 12.4 Å². The first kappa shape index (κ1) is 31.3. The summed E-state index contributed by atoms with van der Waals surface area (Å²) in [6.45, 7) is 6.11. The second-order valence-corrected chi connectivity index (χ2v) is 9.13. The predicted octanol–water partition coefficient (Wildman–Crippen LogP) is 3.01. The van der Waals surface area contributed by atoms with Crippen LogP contribution in [0.2, 0.25) is 0 Å². The first-order valence-electron chi connectivity index (χ1n) is 12.4. The molecule has 0 unspecified atom stereocenters. The molecule has 210 valence electrons. The third-order valence-corrected chi connectivity index (χ3v) is 5.91. The fourth-order valence-corrected chi connectivity index (χ4v) is 4.08. The van der Waals surface area contributed by atoms with Crippen LogP contribution < -0.4 is 16.0 Å². The fraction of sp³-hybridized carbons (Fsp3) is 0.250. The van der Waals surface area contributed by atoms with Crippen LogP contribution in [0.15, 0.2) is 85.5 Å². The number of piperazine rings is 1. The minimum Gasteiger partial charge on any atom is -0.412 e. The highest BCUT2D eigenvalue weighted by molar-refractivity contribution is 7.80. The average molecular weight is 553 g/mol. The van der Waals surface area contributed by atoms with E-state index in [9.17, 15) is 0 Å². The number of hydrogen-bond donors (Lipinski definition) is 3. The number of pyridine rings is 2. The highest BCUT2D eigenvalue weighted by Gasteiger charge is 2.11. The van der Waals surface area contributed by atoms with Gasteiger partial charge in [-0.1, -0.05) is 37.3 Å². The highest BCUT2D eigenvalue weighted by atomic mass is 32.1. The number of rotatable bonds is 3. The van der Waals surface area contributed by atoms with Crippen molar-refractivity contribution < 1.29 is 12.4 Å². The molecule has 1 aliphatic heterocycles. The molecule has 0 spiro atoms. The molecular formula is C28H40N8O2S. The molecule has 11 heteroatoms. The van der Waals surface area contributed by atoms with Crippen LogP contribution in [0.25, 0.3) is 28.2 Å². The van der Waals surface area contributed by atoms with Crippen LogP contribution in [0.3, 0.4) is 0 Å². The Hall–Kier alpha value is -3.90. The summed E-state index contributed by atoms with van der Waals surface area (Å²) in [4.78, 5) is 11.0. The maximum Gasteiger partial charge on any atom is 0.137 e. The molecule has 4 aromatic heterocycles. The number of nitrogens with two attached hydrogens (primary N) is 1. The number of aromatic nitrogens is 5. The van der Waals surface area contributed by atoms with Crippen LogP contribution in [-0.2, 0) is 7.05 Å². The summed E-state index contributed by atoms with van der Waals surface area (Å²) in [6.07, 6.45) is 7.52. The topological polar surface area (TPSA) is 152 Å². The van der Waals surface area contributed by atoms with Gasteiger partial charge in [0.1, 0.15) is 11.5 Å². The number of nitrogens with one attached hydrogen (secondary N) is 1. The van der Waals surface area contributed by atoms with Crippen molar-refractivity contribution in [2.24, 2.45) is 7.05 Å². The Balaban J connectivity index is 0.000000367. The van der Waals surface area contributed by atoms with Gasteiger partial charge in [0.05, 0.1) is 29.5 Å². The van der Waals surface area contributed by atoms with Crippen molar-refractivity contribution in [3.8, 4) is 22.5 Å². The van der Waals surface area contributed by atoms with Crippen molar-refractivity contribution in [1.82, 2.24) is 29.5 Å². The van der Waals surface area contributed by atoms with E-state index < -0.39 is 0 Å². The lowest BCUT2D eigenvalue weighted by Crippen LogP contribution is -2.43. The molecule has 0 amide bonds. The molecule has 0 saturated carbocycles. The van der Waals surface area contributed by atoms with E-state index >= 15 is 0 Å². The molecule has 0 aliphatic carbocycles. The molecule has 0 atom stereocenters.